The molecule has 0 spiro atoms. The van der Waals surface area contributed by atoms with E-state index in [0.717, 1.165) is 17.7 Å². The van der Waals surface area contributed by atoms with Gasteiger partial charge in [0.1, 0.15) is 0 Å². The molecule has 1 aromatic rings. The Morgan fingerprint density at radius 3 is 2.83 bits per heavy atom. The van der Waals surface area contributed by atoms with Crippen molar-refractivity contribution < 1.29 is 4.92 Å². The molecule has 0 aliphatic heterocycles. The van der Waals surface area contributed by atoms with Crippen molar-refractivity contribution in [2.45, 2.75) is 12.8 Å². The standard InChI is InChI=1S/C7H10N2O2S/c8-5-1-2-6-3-4-7(12-6)9(10)11/h3-4H,1-2,5,8H2. The Morgan fingerprint density at radius 2 is 2.33 bits per heavy atom. The predicted molar refractivity (Wildman–Crippen MR) is 48.3 cm³/mol. The molecule has 2 N–H and O–H groups in total. The zero-order valence-corrected chi connectivity index (χ0v) is 7.34. The molecule has 0 radical (unpaired) electrons. The van der Waals surface area contributed by atoms with E-state index >= 15 is 0 Å². The van der Waals surface area contributed by atoms with Crippen LogP contribution in [0.1, 0.15) is 11.3 Å². The fourth-order valence-electron chi connectivity index (χ4n) is 0.875. The van der Waals surface area contributed by atoms with Crippen LogP contribution in [0, 0.1) is 10.1 Å². The van der Waals surface area contributed by atoms with E-state index in [-0.39, 0.29) is 9.92 Å². The van der Waals surface area contributed by atoms with E-state index in [9.17, 15) is 10.1 Å². The molecule has 0 saturated carbocycles. The number of aryl methyl sites for hydroxylation is 1. The van der Waals surface area contributed by atoms with Gasteiger partial charge in [0.05, 0.1) is 4.92 Å². The van der Waals surface area contributed by atoms with E-state index in [0.29, 0.717) is 6.54 Å². The molecule has 0 amide bonds. The Morgan fingerprint density at radius 1 is 1.58 bits per heavy atom. The summed E-state index contributed by atoms with van der Waals surface area (Å²) >= 11 is 1.23. The summed E-state index contributed by atoms with van der Waals surface area (Å²) in [7, 11) is 0. The van der Waals surface area contributed by atoms with Crippen LogP contribution in [0.25, 0.3) is 0 Å². The first kappa shape index (κ1) is 9.15. The Hall–Kier alpha value is -0.940. The minimum absolute atomic E-state index is 0.210. The molecule has 66 valence electrons. The monoisotopic (exact) mass is 186 g/mol. The summed E-state index contributed by atoms with van der Waals surface area (Å²) in [4.78, 5) is 10.9. The molecular weight excluding hydrogens is 176 g/mol. The number of nitrogens with two attached hydrogens (primary N) is 1. The van der Waals surface area contributed by atoms with E-state index in [1.807, 2.05) is 0 Å². The van der Waals surface area contributed by atoms with Crippen molar-refractivity contribution in [3.05, 3.63) is 27.1 Å². The lowest BCUT2D eigenvalue weighted by Gasteiger charge is -1.90. The lowest BCUT2D eigenvalue weighted by atomic mass is 10.3. The summed E-state index contributed by atoms with van der Waals surface area (Å²) in [5, 5.41) is 10.5. The molecule has 12 heavy (non-hydrogen) atoms. The largest absolute Gasteiger partial charge is 0.330 e. The zero-order chi connectivity index (χ0) is 8.97. The normalized spacial score (nSPS) is 10.1. The average molecular weight is 186 g/mol. The van der Waals surface area contributed by atoms with Gasteiger partial charge in [-0.05, 0) is 25.5 Å². The lowest BCUT2D eigenvalue weighted by Crippen LogP contribution is -1.99. The van der Waals surface area contributed by atoms with Crippen LogP contribution in [0.15, 0.2) is 12.1 Å². The molecule has 0 aliphatic rings. The SMILES string of the molecule is NCCCc1ccc([N+](=O)[O-])s1. The van der Waals surface area contributed by atoms with Gasteiger partial charge < -0.3 is 5.73 Å². The Labute approximate surface area is 74.2 Å². The molecule has 1 aromatic heterocycles. The number of hydrogen-bond donors (Lipinski definition) is 1. The maximum Gasteiger partial charge on any atom is 0.324 e. The first-order valence-electron chi connectivity index (χ1n) is 3.67. The number of nitrogens with zero attached hydrogens (tertiary/aromatic N) is 1. The van der Waals surface area contributed by atoms with E-state index in [4.69, 9.17) is 5.73 Å². The highest BCUT2D eigenvalue weighted by Crippen LogP contribution is 2.24. The molecular formula is C7H10N2O2S. The topological polar surface area (TPSA) is 69.2 Å². The Kier molecular flexibility index (Phi) is 3.19. The number of hydrogen-bond acceptors (Lipinski definition) is 4. The molecule has 0 unspecified atom stereocenters. The van der Waals surface area contributed by atoms with Gasteiger partial charge in [-0.15, -0.1) is 0 Å². The fraction of sp³-hybridized carbons (Fsp3) is 0.429. The van der Waals surface area contributed by atoms with Crippen molar-refractivity contribution in [2.75, 3.05) is 6.54 Å². The highest BCUT2D eigenvalue weighted by Gasteiger charge is 2.08. The Bertz CT molecular complexity index is 272. The number of rotatable bonds is 4. The quantitative estimate of drug-likeness (QED) is 0.573. The van der Waals surface area contributed by atoms with Gasteiger partial charge in [-0.1, -0.05) is 11.3 Å². The van der Waals surface area contributed by atoms with Crippen LogP contribution in [0.5, 0.6) is 0 Å². The van der Waals surface area contributed by atoms with Crippen molar-refractivity contribution in [3.63, 3.8) is 0 Å². The minimum Gasteiger partial charge on any atom is -0.330 e. The van der Waals surface area contributed by atoms with Crippen molar-refractivity contribution in [1.82, 2.24) is 0 Å². The smallest absolute Gasteiger partial charge is 0.324 e. The molecule has 4 nitrogen and oxygen atoms in total. The van der Waals surface area contributed by atoms with Crippen LogP contribution in [0.3, 0.4) is 0 Å². The summed E-state index contributed by atoms with van der Waals surface area (Å²) in [6.07, 6.45) is 1.73. The van der Waals surface area contributed by atoms with Crippen molar-refractivity contribution in [2.24, 2.45) is 5.73 Å². The van der Waals surface area contributed by atoms with Gasteiger partial charge in [-0.25, -0.2) is 0 Å². The maximum atomic E-state index is 10.3. The summed E-state index contributed by atoms with van der Waals surface area (Å²) in [5.41, 5.74) is 5.31. The predicted octanol–water partition coefficient (Wildman–Crippen LogP) is 1.55. The van der Waals surface area contributed by atoms with Gasteiger partial charge >= 0.3 is 5.00 Å². The molecule has 0 bridgehead atoms. The third-order valence-corrected chi connectivity index (χ3v) is 2.55. The van der Waals surface area contributed by atoms with Crippen LogP contribution >= 0.6 is 11.3 Å². The fourth-order valence-corrected chi connectivity index (χ4v) is 1.74. The van der Waals surface area contributed by atoms with Crippen molar-refractivity contribution >= 4 is 16.3 Å². The second-order valence-corrected chi connectivity index (χ2v) is 3.54. The highest BCUT2D eigenvalue weighted by atomic mass is 32.1. The molecule has 0 fully saturated rings. The second kappa shape index (κ2) is 4.18. The molecule has 1 rings (SSSR count). The second-order valence-electron chi connectivity index (χ2n) is 2.39. The third kappa shape index (κ3) is 2.28. The highest BCUT2D eigenvalue weighted by molar-refractivity contribution is 7.15. The zero-order valence-electron chi connectivity index (χ0n) is 6.53. The van der Waals surface area contributed by atoms with E-state index in [2.05, 4.69) is 0 Å². The molecule has 0 saturated heterocycles. The molecule has 0 aliphatic carbocycles. The van der Waals surface area contributed by atoms with E-state index in [1.54, 1.807) is 6.07 Å². The van der Waals surface area contributed by atoms with Crippen LogP contribution in [0.2, 0.25) is 0 Å². The average Bonchev–Trinajstić information content (AvgIpc) is 2.48. The van der Waals surface area contributed by atoms with E-state index in [1.165, 1.54) is 17.4 Å². The summed E-state index contributed by atoms with van der Waals surface area (Å²) in [6, 6.07) is 3.33. The third-order valence-electron chi connectivity index (χ3n) is 1.45. The van der Waals surface area contributed by atoms with Gasteiger partial charge in [-0.3, -0.25) is 10.1 Å². The first-order valence-corrected chi connectivity index (χ1v) is 4.49. The molecule has 1 heterocycles. The van der Waals surface area contributed by atoms with Gasteiger partial charge in [0.25, 0.3) is 0 Å². The first-order chi connectivity index (χ1) is 5.74. The maximum absolute atomic E-state index is 10.3. The van der Waals surface area contributed by atoms with Gasteiger partial charge in [0, 0.05) is 10.9 Å². The number of nitro groups is 1. The lowest BCUT2D eigenvalue weighted by molar-refractivity contribution is -0.380. The number of thiophene rings is 1. The van der Waals surface area contributed by atoms with Crippen LogP contribution in [-0.2, 0) is 6.42 Å². The Balaban J connectivity index is 2.58. The van der Waals surface area contributed by atoms with Crippen molar-refractivity contribution in [3.8, 4) is 0 Å². The van der Waals surface area contributed by atoms with Crippen LogP contribution in [0.4, 0.5) is 5.00 Å². The molecule has 0 aromatic carbocycles. The van der Waals surface area contributed by atoms with Gasteiger partial charge in [-0.2, -0.15) is 0 Å². The van der Waals surface area contributed by atoms with Crippen LogP contribution in [-0.4, -0.2) is 11.5 Å². The molecule has 5 heteroatoms. The summed E-state index contributed by atoms with van der Waals surface area (Å²) in [6.45, 7) is 0.631. The van der Waals surface area contributed by atoms with Crippen LogP contribution < -0.4 is 5.73 Å². The molecule has 0 atom stereocenters. The van der Waals surface area contributed by atoms with E-state index < -0.39 is 0 Å². The van der Waals surface area contributed by atoms with Gasteiger partial charge in [0.2, 0.25) is 0 Å². The summed E-state index contributed by atoms with van der Waals surface area (Å²) < 4.78 is 0. The van der Waals surface area contributed by atoms with Gasteiger partial charge in [0.15, 0.2) is 0 Å². The minimum atomic E-state index is -0.364. The summed E-state index contributed by atoms with van der Waals surface area (Å²) in [5.74, 6) is 0. The van der Waals surface area contributed by atoms with Crippen molar-refractivity contribution in [1.29, 1.82) is 0 Å².